The number of rotatable bonds is 2. The molecule has 94 valence electrons. The lowest BCUT2D eigenvalue weighted by molar-refractivity contribution is 0.459. The van der Waals surface area contributed by atoms with E-state index in [4.69, 9.17) is 4.74 Å². The number of hydrogen-bond acceptors (Lipinski definition) is 2. The van der Waals surface area contributed by atoms with Crippen LogP contribution in [0.2, 0.25) is 0 Å². The smallest absolute Gasteiger partial charge is 0.155 e. The van der Waals surface area contributed by atoms with Crippen LogP contribution >= 0.6 is 63.7 Å². The van der Waals surface area contributed by atoms with Crippen molar-refractivity contribution in [1.82, 2.24) is 0 Å². The molecule has 6 heteroatoms. The second kappa shape index (κ2) is 5.94. The van der Waals surface area contributed by atoms with Crippen molar-refractivity contribution < 1.29 is 9.84 Å². The van der Waals surface area contributed by atoms with Crippen LogP contribution in [0.5, 0.6) is 17.2 Å². The molecule has 2 nitrogen and oxygen atoms in total. The van der Waals surface area contributed by atoms with Gasteiger partial charge in [0.25, 0.3) is 0 Å². The highest BCUT2D eigenvalue weighted by molar-refractivity contribution is 9.11. The number of halogens is 4. The molecule has 0 heterocycles. The minimum absolute atomic E-state index is 0.177. The molecule has 2 rings (SSSR count). The van der Waals surface area contributed by atoms with E-state index in [1.165, 1.54) is 0 Å². The number of hydrogen-bond donors (Lipinski definition) is 1. The highest BCUT2D eigenvalue weighted by atomic mass is 79.9. The van der Waals surface area contributed by atoms with Crippen molar-refractivity contribution in [2.75, 3.05) is 0 Å². The minimum atomic E-state index is 0.177. The Balaban J connectivity index is 2.37. The SMILES string of the molecule is Oc1ccc(Oc2c(Br)cc(Br)cc2Br)cc1Br. The van der Waals surface area contributed by atoms with Crippen LogP contribution in [0.25, 0.3) is 0 Å². The third kappa shape index (κ3) is 3.29. The van der Waals surface area contributed by atoms with E-state index < -0.39 is 0 Å². The molecular weight excluding hydrogens is 496 g/mol. The van der Waals surface area contributed by atoms with Gasteiger partial charge in [-0.3, -0.25) is 0 Å². The van der Waals surface area contributed by atoms with Crippen molar-refractivity contribution in [3.8, 4) is 17.2 Å². The summed E-state index contributed by atoms with van der Waals surface area (Å²) in [7, 11) is 0. The fourth-order valence-electron chi connectivity index (χ4n) is 1.30. The molecule has 0 spiro atoms. The standard InChI is InChI=1S/C12H6Br4O2/c13-6-3-9(15)12(10(16)4-6)18-7-1-2-11(17)8(14)5-7/h1-5,17H. The fourth-order valence-corrected chi connectivity index (χ4v) is 4.07. The van der Waals surface area contributed by atoms with E-state index in [1.807, 2.05) is 12.1 Å². The number of ether oxygens (including phenoxy) is 1. The Morgan fingerprint density at radius 3 is 2.00 bits per heavy atom. The summed E-state index contributed by atoms with van der Waals surface area (Å²) in [5.74, 6) is 1.48. The lowest BCUT2D eigenvalue weighted by atomic mass is 10.3. The molecule has 2 aromatic rings. The van der Waals surface area contributed by atoms with Crippen LogP contribution in [-0.2, 0) is 0 Å². The van der Waals surface area contributed by atoms with E-state index in [9.17, 15) is 5.11 Å². The van der Waals surface area contributed by atoms with E-state index >= 15 is 0 Å². The largest absolute Gasteiger partial charge is 0.507 e. The number of phenolic OH excluding ortho intramolecular Hbond substituents is 1. The maximum Gasteiger partial charge on any atom is 0.155 e. The van der Waals surface area contributed by atoms with Crippen molar-refractivity contribution in [2.24, 2.45) is 0 Å². The molecule has 0 saturated carbocycles. The van der Waals surface area contributed by atoms with Gasteiger partial charge in [-0.2, -0.15) is 0 Å². The summed E-state index contributed by atoms with van der Waals surface area (Å²) < 4.78 is 8.96. The Kier molecular flexibility index (Phi) is 4.75. The summed E-state index contributed by atoms with van der Waals surface area (Å²) in [6.07, 6.45) is 0. The molecule has 0 saturated heterocycles. The molecule has 0 aliphatic carbocycles. The van der Waals surface area contributed by atoms with E-state index in [0.29, 0.717) is 16.0 Å². The minimum Gasteiger partial charge on any atom is -0.507 e. The quantitative estimate of drug-likeness (QED) is 0.528. The number of benzene rings is 2. The Bertz CT molecular complexity index is 576. The number of aromatic hydroxyl groups is 1. The molecular formula is C12H6Br4O2. The third-order valence-electron chi connectivity index (χ3n) is 2.10. The van der Waals surface area contributed by atoms with Gasteiger partial charge in [-0.05, 0) is 78.1 Å². The van der Waals surface area contributed by atoms with Crippen LogP contribution < -0.4 is 4.74 Å². The van der Waals surface area contributed by atoms with Crippen LogP contribution in [0.1, 0.15) is 0 Å². The molecule has 0 aliphatic heterocycles. The third-order valence-corrected chi connectivity index (χ3v) is 4.37. The topological polar surface area (TPSA) is 29.5 Å². The van der Waals surface area contributed by atoms with Crippen molar-refractivity contribution in [2.45, 2.75) is 0 Å². The first-order valence-electron chi connectivity index (χ1n) is 4.78. The van der Waals surface area contributed by atoms with Gasteiger partial charge in [0.2, 0.25) is 0 Å². The van der Waals surface area contributed by atoms with Gasteiger partial charge in [-0.1, -0.05) is 15.9 Å². The summed E-state index contributed by atoms with van der Waals surface area (Å²) in [6, 6.07) is 8.77. The van der Waals surface area contributed by atoms with Gasteiger partial charge in [0.1, 0.15) is 11.5 Å². The van der Waals surface area contributed by atoms with Gasteiger partial charge in [-0.15, -0.1) is 0 Å². The molecule has 18 heavy (non-hydrogen) atoms. The molecule has 0 aromatic heterocycles. The zero-order chi connectivity index (χ0) is 13.3. The van der Waals surface area contributed by atoms with Gasteiger partial charge < -0.3 is 9.84 Å². The fraction of sp³-hybridized carbons (Fsp3) is 0. The highest BCUT2D eigenvalue weighted by Crippen LogP contribution is 2.40. The molecule has 0 aliphatic rings. The van der Waals surface area contributed by atoms with Crippen molar-refractivity contribution >= 4 is 63.7 Å². The predicted octanol–water partition coefficient (Wildman–Crippen LogP) is 6.23. The van der Waals surface area contributed by atoms with E-state index in [1.54, 1.807) is 18.2 Å². The van der Waals surface area contributed by atoms with Gasteiger partial charge in [0.05, 0.1) is 13.4 Å². The summed E-state index contributed by atoms with van der Waals surface area (Å²) in [6.45, 7) is 0. The lowest BCUT2D eigenvalue weighted by Crippen LogP contribution is -1.87. The first-order valence-corrected chi connectivity index (χ1v) is 7.95. The molecule has 2 aromatic carbocycles. The van der Waals surface area contributed by atoms with E-state index in [0.717, 1.165) is 13.4 Å². The van der Waals surface area contributed by atoms with Gasteiger partial charge >= 0.3 is 0 Å². The second-order valence-electron chi connectivity index (χ2n) is 3.41. The molecule has 0 radical (unpaired) electrons. The molecule has 1 N–H and O–H groups in total. The highest BCUT2D eigenvalue weighted by Gasteiger charge is 2.10. The Labute approximate surface area is 138 Å². The monoisotopic (exact) mass is 498 g/mol. The van der Waals surface area contributed by atoms with Crippen LogP contribution in [0.4, 0.5) is 0 Å². The summed E-state index contributed by atoms with van der Waals surface area (Å²) >= 11 is 13.5. The van der Waals surface area contributed by atoms with E-state index in [2.05, 4.69) is 63.7 Å². The van der Waals surface area contributed by atoms with Gasteiger partial charge in [0.15, 0.2) is 5.75 Å². The normalized spacial score (nSPS) is 10.4. The molecule has 0 unspecified atom stereocenters. The molecule has 0 atom stereocenters. The van der Waals surface area contributed by atoms with Crippen LogP contribution in [0.15, 0.2) is 48.2 Å². The maximum absolute atomic E-state index is 9.43. The van der Waals surface area contributed by atoms with Crippen LogP contribution in [0, 0.1) is 0 Å². The zero-order valence-corrected chi connectivity index (χ0v) is 15.1. The van der Waals surface area contributed by atoms with Gasteiger partial charge in [-0.25, -0.2) is 0 Å². The Morgan fingerprint density at radius 1 is 0.833 bits per heavy atom. The zero-order valence-electron chi connectivity index (χ0n) is 8.75. The van der Waals surface area contributed by atoms with Gasteiger partial charge in [0, 0.05) is 4.47 Å². The average molecular weight is 502 g/mol. The summed E-state index contributed by atoms with van der Waals surface area (Å²) in [4.78, 5) is 0. The average Bonchev–Trinajstić information content (AvgIpc) is 2.28. The number of phenols is 1. The summed E-state index contributed by atoms with van der Waals surface area (Å²) in [5, 5.41) is 9.43. The Hall–Kier alpha value is -0.0400. The second-order valence-corrected chi connectivity index (χ2v) is 6.89. The Morgan fingerprint density at radius 2 is 1.44 bits per heavy atom. The van der Waals surface area contributed by atoms with E-state index in [-0.39, 0.29) is 5.75 Å². The first kappa shape index (κ1) is 14.4. The predicted molar refractivity (Wildman–Crippen MR) is 85.4 cm³/mol. The molecule has 0 amide bonds. The maximum atomic E-state index is 9.43. The van der Waals surface area contributed by atoms with Crippen molar-refractivity contribution in [3.63, 3.8) is 0 Å². The first-order chi connectivity index (χ1) is 8.47. The molecule has 0 fully saturated rings. The van der Waals surface area contributed by atoms with Crippen LogP contribution in [0.3, 0.4) is 0 Å². The summed E-state index contributed by atoms with van der Waals surface area (Å²) in [5.41, 5.74) is 0. The van der Waals surface area contributed by atoms with Crippen molar-refractivity contribution in [3.05, 3.63) is 48.2 Å². The molecule has 0 bridgehead atoms. The van der Waals surface area contributed by atoms with Crippen molar-refractivity contribution in [1.29, 1.82) is 0 Å². The van der Waals surface area contributed by atoms with Crippen LogP contribution in [-0.4, -0.2) is 5.11 Å². The lowest BCUT2D eigenvalue weighted by Gasteiger charge is -2.11.